The maximum atomic E-state index is 6.01. The molecule has 1 fully saturated rings. The Morgan fingerprint density at radius 1 is 1.56 bits per heavy atom. The molecule has 1 aliphatic rings. The predicted octanol–water partition coefficient (Wildman–Crippen LogP) is 3.95. The van der Waals surface area contributed by atoms with Crippen LogP contribution in [0.15, 0.2) is 29.2 Å². The zero-order valence-electron chi connectivity index (χ0n) is 9.58. The van der Waals surface area contributed by atoms with E-state index in [4.69, 9.17) is 17.3 Å². The molecule has 1 aliphatic carbocycles. The third-order valence-electron chi connectivity index (χ3n) is 3.60. The summed E-state index contributed by atoms with van der Waals surface area (Å²) in [6.07, 6.45) is 3.82. The van der Waals surface area contributed by atoms with Gasteiger partial charge in [0, 0.05) is 21.2 Å². The van der Waals surface area contributed by atoms with Crippen LogP contribution in [0, 0.1) is 5.92 Å². The summed E-state index contributed by atoms with van der Waals surface area (Å²) in [5, 5.41) is 0.808. The Labute approximate surface area is 107 Å². The molecule has 1 saturated carbocycles. The van der Waals surface area contributed by atoms with Gasteiger partial charge in [0.05, 0.1) is 0 Å². The van der Waals surface area contributed by atoms with E-state index in [1.165, 1.54) is 24.2 Å². The van der Waals surface area contributed by atoms with Crippen LogP contribution in [0.4, 0.5) is 0 Å². The van der Waals surface area contributed by atoms with Crippen molar-refractivity contribution in [2.45, 2.75) is 35.8 Å². The average molecular weight is 256 g/mol. The van der Waals surface area contributed by atoms with E-state index < -0.39 is 0 Å². The van der Waals surface area contributed by atoms with E-state index in [9.17, 15) is 0 Å². The van der Waals surface area contributed by atoms with Crippen molar-refractivity contribution in [2.24, 2.45) is 11.7 Å². The second kappa shape index (κ2) is 4.99. The lowest BCUT2D eigenvalue weighted by atomic mass is 9.97. The fourth-order valence-corrected chi connectivity index (χ4v) is 4.18. The van der Waals surface area contributed by atoms with Crippen LogP contribution in [0.5, 0.6) is 0 Å². The molecule has 3 heteroatoms. The first-order chi connectivity index (χ1) is 7.66. The molecular weight excluding hydrogens is 238 g/mol. The van der Waals surface area contributed by atoms with Crippen LogP contribution in [0.25, 0.3) is 0 Å². The third-order valence-corrected chi connectivity index (χ3v) is 5.50. The fraction of sp³-hybridized carbons (Fsp3) is 0.538. The second-order valence-corrected chi connectivity index (χ2v) is 6.55. The maximum Gasteiger partial charge on any atom is 0.0417 e. The zero-order chi connectivity index (χ0) is 11.6. The van der Waals surface area contributed by atoms with Crippen LogP contribution in [-0.4, -0.2) is 11.3 Å². The molecule has 0 amide bonds. The Balaban J connectivity index is 2.18. The summed E-state index contributed by atoms with van der Waals surface area (Å²) in [5.41, 5.74) is 5.99. The molecule has 1 nitrogen and oxygen atoms in total. The first-order valence-corrected chi connectivity index (χ1v) is 7.00. The molecule has 88 valence electrons. The minimum absolute atomic E-state index is 0.227. The van der Waals surface area contributed by atoms with E-state index in [1.54, 1.807) is 0 Å². The lowest BCUT2D eigenvalue weighted by Gasteiger charge is -2.31. The van der Waals surface area contributed by atoms with Gasteiger partial charge in [-0.15, -0.1) is 11.8 Å². The topological polar surface area (TPSA) is 26.0 Å². The van der Waals surface area contributed by atoms with Gasteiger partial charge in [-0.05, 0) is 37.0 Å². The van der Waals surface area contributed by atoms with Gasteiger partial charge in [0.15, 0.2) is 0 Å². The zero-order valence-corrected chi connectivity index (χ0v) is 11.2. The summed E-state index contributed by atoms with van der Waals surface area (Å²) in [7, 11) is 0. The minimum atomic E-state index is 0.227. The van der Waals surface area contributed by atoms with E-state index in [0.29, 0.717) is 5.92 Å². The lowest BCUT2D eigenvalue weighted by Crippen LogP contribution is -2.36. The third kappa shape index (κ3) is 2.39. The van der Waals surface area contributed by atoms with Gasteiger partial charge in [-0.25, -0.2) is 0 Å². The van der Waals surface area contributed by atoms with Crippen molar-refractivity contribution in [3.8, 4) is 0 Å². The average Bonchev–Trinajstić information content (AvgIpc) is 2.61. The molecule has 16 heavy (non-hydrogen) atoms. The van der Waals surface area contributed by atoms with Crippen LogP contribution in [0.3, 0.4) is 0 Å². The summed E-state index contributed by atoms with van der Waals surface area (Å²) in [5.74, 6) is 0.696. The smallest absolute Gasteiger partial charge is 0.0417 e. The van der Waals surface area contributed by atoms with Gasteiger partial charge in [0.2, 0.25) is 0 Å². The van der Waals surface area contributed by atoms with Gasteiger partial charge in [-0.2, -0.15) is 0 Å². The highest BCUT2D eigenvalue weighted by atomic mass is 35.5. The van der Waals surface area contributed by atoms with Crippen molar-refractivity contribution in [1.82, 2.24) is 0 Å². The number of thioether (sulfide) groups is 1. The molecule has 2 unspecified atom stereocenters. The molecule has 0 heterocycles. The molecule has 1 aromatic rings. The van der Waals surface area contributed by atoms with Gasteiger partial charge in [0.25, 0.3) is 0 Å². The van der Waals surface area contributed by atoms with Gasteiger partial charge < -0.3 is 5.73 Å². The molecule has 1 aromatic carbocycles. The quantitative estimate of drug-likeness (QED) is 0.885. The Hall–Kier alpha value is -0.180. The molecule has 0 aliphatic heterocycles. The number of nitrogens with two attached hydrogens (primary N) is 1. The summed E-state index contributed by atoms with van der Waals surface area (Å²) in [6.45, 7) is 3.07. The van der Waals surface area contributed by atoms with Crippen molar-refractivity contribution in [3.63, 3.8) is 0 Å². The summed E-state index contributed by atoms with van der Waals surface area (Å²) >= 11 is 7.92. The van der Waals surface area contributed by atoms with Gasteiger partial charge in [-0.1, -0.05) is 31.0 Å². The Bertz CT molecular complexity index is 369. The number of benzene rings is 1. The first kappa shape index (κ1) is 12.3. The first-order valence-electron chi connectivity index (χ1n) is 5.81. The largest absolute Gasteiger partial charge is 0.329 e. The summed E-state index contributed by atoms with van der Waals surface area (Å²) in [4.78, 5) is 1.24. The number of rotatable bonds is 3. The highest BCUT2D eigenvalue weighted by molar-refractivity contribution is 8.00. The highest BCUT2D eigenvalue weighted by Crippen LogP contribution is 2.48. The monoisotopic (exact) mass is 255 g/mol. The van der Waals surface area contributed by atoms with Crippen LogP contribution >= 0.6 is 23.4 Å². The van der Waals surface area contributed by atoms with Crippen LogP contribution in [0.2, 0.25) is 5.02 Å². The van der Waals surface area contributed by atoms with E-state index in [1.807, 2.05) is 30.0 Å². The molecule has 0 aromatic heterocycles. The molecule has 0 saturated heterocycles. The van der Waals surface area contributed by atoms with Crippen LogP contribution in [0.1, 0.15) is 26.2 Å². The van der Waals surface area contributed by atoms with Crippen molar-refractivity contribution in [2.75, 3.05) is 6.54 Å². The Morgan fingerprint density at radius 3 is 2.94 bits per heavy atom. The van der Waals surface area contributed by atoms with Gasteiger partial charge >= 0.3 is 0 Å². The number of hydrogen-bond donors (Lipinski definition) is 1. The molecule has 0 spiro atoms. The van der Waals surface area contributed by atoms with Crippen LogP contribution in [-0.2, 0) is 0 Å². The normalized spacial score (nSPS) is 29.6. The summed E-state index contributed by atoms with van der Waals surface area (Å²) < 4.78 is 0.227. The standard InChI is InChI=1S/C13H18ClNS/c1-10-4-3-7-13(10,9-15)16-12-6-2-5-11(14)8-12/h2,5-6,8,10H,3-4,7,9,15H2,1H3. The molecule has 0 bridgehead atoms. The SMILES string of the molecule is CC1CCCC1(CN)Sc1cccc(Cl)c1. The second-order valence-electron chi connectivity index (χ2n) is 4.62. The van der Waals surface area contributed by atoms with Crippen molar-refractivity contribution < 1.29 is 0 Å². The van der Waals surface area contributed by atoms with Gasteiger partial charge in [0.1, 0.15) is 0 Å². The lowest BCUT2D eigenvalue weighted by molar-refractivity contribution is 0.476. The highest BCUT2D eigenvalue weighted by Gasteiger charge is 2.39. The molecule has 2 N–H and O–H groups in total. The molecule has 2 rings (SSSR count). The van der Waals surface area contributed by atoms with E-state index in [2.05, 4.69) is 13.0 Å². The summed E-state index contributed by atoms with van der Waals surface area (Å²) in [6, 6.07) is 8.08. The Kier molecular flexibility index (Phi) is 3.83. The maximum absolute atomic E-state index is 6.01. The van der Waals surface area contributed by atoms with Crippen molar-refractivity contribution >= 4 is 23.4 Å². The molecular formula is C13H18ClNS. The van der Waals surface area contributed by atoms with E-state index in [0.717, 1.165) is 11.6 Å². The molecule has 0 radical (unpaired) electrons. The van der Waals surface area contributed by atoms with E-state index >= 15 is 0 Å². The fourth-order valence-electron chi connectivity index (χ4n) is 2.48. The number of halogens is 1. The number of hydrogen-bond acceptors (Lipinski definition) is 2. The van der Waals surface area contributed by atoms with E-state index in [-0.39, 0.29) is 4.75 Å². The van der Waals surface area contributed by atoms with Crippen molar-refractivity contribution in [1.29, 1.82) is 0 Å². The van der Waals surface area contributed by atoms with Crippen LogP contribution < -0.4 is 5.73 Å². The molecule has 2 atom stereocenters. The Morgan fingerprint density at radius 2 is 2.38 bits per heavy atom. The van der Waals surface area contributed by atoms with Gasteiger partial charge in [-0.3, -0.25) is 0 Å². The van der Waals surface area contributed by atoms with Crippen molar-refractivity contribution in [3.05, 3.63) is 29.3 Å². The predicted molar refractivity (Wildman–Crippen MR) is 72.1 cm³/mol. The minimum Gasteiger partial charge on any atom is -0.329 e.